The van der Waals surface area contributed by atoms with Gasteiger partial charge in [-0.15, -0.1) is 5.10 Å². The van der Waals surface area contributed by atoms with Gasteiger partial charge in [-0.05, 0) is 171 Å². The van der Waals surface area contributed by atoms with Crippen molar-refractivity contribution in [3.63, 3.8) is 0 Å². The van der Waals surface area contributed by atoms with Crippen molar-refractivity contribution in [2.45, 2.75) is 214 Å². The van der Waals surface area contributed by atoms with Gasteiger partial charge < -0.3 is 43.7 Å². The molecular formula is C67H97N21O4. The average Bonchev–Trinajstić information content (AvgIpc) is 1.75. The van der Waals surface area contributed by atoms with Crippen LogP contribution >= 0.6 is 0 Å². The molecule has 1 amide bonds. The standard InChI is InChI=1S/C11H15N3.C10H14N4O.C10H14N4.C10H16N2.C10H15NO.C9H12N4O.C7H11N3O/c1-7(2)14-6-5-10-8(3)12-9(4)13-11(10)14;1-6-12-8-7(9(15)13-6)11-5-14(8)10(2,3)4;1-6(2)14-5-11-9-7(3)12-8(4)13-10(9)14;1-7(2)12-6-8(3)9(4)11-10(12)5;1-7(2)11-6-8(3)10(12)5-9(11)4;1-5(2)13-4-10-7-8(13)11-6(3)12-9(7)14;1-5(2)10-4-8-7(9-10)6(3)11/h5-7H,1-4H3;5,12H,1H2,2-4H3,(H,13,15);5-6H,1-4H3;6-7H,5H2,1-4H3;6-7H,4-5H2,1-3H3;4-5H,1-3H3,(H,11,12,14);4-5H,1-3H3. The molecule has 0 radical (unpaired) electrons. The van der Waals surface area contributed by atoms with Crippen LogP contribution < -0.4 is 16.2 Å². The molecule has 11 rings (SSSR count). The van der Waals surface area contributed by atoms with Gasteiger partial charge in [-0.1, -0.05) is 19.7 Å². The van der Waals surface area contributed by atoms with Gasteiger partial charge in [0, 0.05) is 89.7 Å². The molecule has 8 aromatic rings. The lowest BCUT2D eigenvalue weighted by atomic mass is 10.0. The molecule has 3 aliphatic rings. The van der Waals surface area contributed by atoms with Gasteiger partial charge in [0.15, 0.2) is 34.1 Å². The van der Waals surface area contributed by atoms with E-state index in [1.807, 2.05) is 112 Å². The van der Waals surface area contributed by atoms with Crippen LogP contribution in [0.3, 0.4) is 0 Å². The van der Waals surface area contributed by atoms with Crippen LogP contribution in [0.5, 0.6) is 0 Å². The molecule has 92 heavy (non-hydrogen) atoms. The number of amides is 1. The molecule has 8 aromatic heterocycles. The maximum Gasteiger partial charge on any atom is 0.279 e. The Balaban J connectivity index is 0.000000195. The molecule has 0 aromatic carbocycles. The fourth-order valence-corrected chi connectivity index (χ4v) is 9.39. The molecule has 0 unspecified atom stereocenters. The maximum absolute atomic E-state index is 11.5. The van der Waals surface area contributed by atoms with Crippen molar-refractivity contribution >= 4 is 62.4 Å². The first-order chi connectivity index (χ1) is 42.8. The second kappa shape index (κ2) is 31.0. The van der Waals surface area contributed by atoms with Crippen molar-refractivity contribution in [3.8, 4) is 0 Å². The number of anilines is 1. The number of allylic oxidation sites excluding steroid dienone is 3. The van der Waals surface area contributed by atoms with Crippen molar-refractivity contribution in [2.24, 2.45) is 4.99 Å². The van der Waals surface area contributed by atoms with E-state index in [-0.39, 0.29) is 40.7 Å². The number of carbonyl (C=O) groups excluding carboxylic acids is 3. The molecule has 0 spiro atoms. The number of nitrogens with zero attached hydrogens (tertiary/aromatic N) is 18. The zero-order valence-corrected chi connectivity index (χ0v) is 58.6. The third-order valence-corrected chi connectivity index (χ3v) is 14.5. The number of rotatable bonds is 7. The smallest absolute Gasteiger partial charge is 0.279 e. The van der Waals surface area contributed by atoms with Crippen LogP contribution in [0.25, 0.3) is 33.4 Å². The van der Waals surface area contributed by atoms with Crippen LogP contribution in [-0.2, 0) is 10.3 Å². The lowest BCUT2D eigenvalue weighted by Crippen LogP contribution is -2.34. The molecular weight excluding hydrogens is 1160 g/mol. The molecule has 0 saturated carbocycles. The van der Waals surface area contributed by atoms with E-state index < -0.39 is 0 Å². The highest BCUT2D eigenvalue weighted by Crippen LogP contribution is 2.28. The predicted octanol–water partition coefficient (Wildman–Crippen LogP) is 12.6. The molecule has 3 N–H and O–H groups in total. The normalized spacial score (nSPS) is 13.8. The molecule has 25 nitrogen and oxygen atoms in total. The Bertz CT molecular complexity index is 4050. The van der Waals surface area contributed by atoms with Crippen molar-refractivity contribution in [1.29, 1.82) is 0 Å². The molecule has 25 heteroatoms. The number of hydrogen-bond acceptors (Lipinski definition) is 18. The Hall–Kier alpha value is -9.55. The molecule has 0 fully saturated rings. The lowest BCUT2D eigenvalue weighted by molar-refractivity contribution is -0.115. The second-order valence-electron chi connectivity index (χ2n) is 25.4. The zero-order valence-electron chi connectivity index (χ0n) is 58.6. The summed E-state index contributed by atoms with van der Waals surface area (Å²) in [6.07, 6.45) is 13.3. The Labute approximate surface area is 541 Å². The highest BCUT2D eigenvalue weighted by atomic mass is 16.2. The Kier molecular flexibility index (Phi) is 24.6. The van der Waals surface area contributed by atoms with E-state index >= 15 is 0 Å². The minimum Gasteiger partial charge on any atom is -0.349 e. The minimum absolute atomic E-state index is 0.0931. The Morgan fingerprint density at radius 1 is 0.587 bits per heavy atom. The highest BCUT2D eigenvalue weighted by Gasteiger charge is 2.28. The number of fused-ring (bicyclic) bond motifs is 4. The number of carbonyl (C=O) groups is 3. The molecule has 11 heterocycles. The molecule has 0 atom stereocenters. The highest BCUT2D eigenvalue weighted by molar-refractivity contribution is 6.01. The number of aliphatic imine (C=N–C) groups is 1. The summed E-state index contributed by atoms with van der Waals surface area (Å²) in [5, 5.41) is 10.7. The number of aromatic nitrogens is 16. The van der Waals surface area contributed by atoms with Gasteiger partial charge >= 0.3 is 0 Å². The number of nitrogens with one attached hydrogen (secondary N) is 3. The van der Waals surface area contributed by atoms with E-state index in [4.69, 9.17) is 0 Å². The van der Waals surface area contributed by atoms with Crippen LogP contribution in [0, 0.1) is 34.6 Å². The molecule has 494 valence electrons. The van der Waals surface area contributed by atoms with Gasteiger partial charge in [-0.25, -0.2) is 54.5 Å². The summed E-state index contributed by atoms with van der Waals surface area (Å²) in [5.41, 5.74) is 10.1. The fraction of sp³-hybridized carbons (Fsp3) is 0.478. The SMILES string of the molecule is C=C1CC(=O)C(C)=CN1C(C)C.C=C1N=C(C)C(C)=CN1C(C)C.C=C1NC(=O)c2ncn(C(C)(C)C)c2N1.CC(=O)c1ncn(C(C)C)n1.Cc1nc(C)c2ccn(C(C)C)c2n1.Cc1nc(C)c2ncn(C(C)C)c2n1.Cc1nc2c(ncn2C(C)C)c(=O)[nH]1. The fourth-order valence-electron chi connectivity index (χ4n) is 9.39. The number of H-pyrrole nitrogens is 1. The van der Waals surface area contributed by atoms with Gasteiger partial charge in [0.05, 0.1) is 36.8 Å². The quantitative estimate of drug-likeness (QED) is 0.125. The van der Waals surface area contributed by atoms with Gasteiger partial charge in [0.25, 0.3) is 11.5 Å². The predicted molar refractivity (Wildman–Crippen MR) is 366 cm³/mol. The van der Waals surface area contributed by atoms with E-state index in [2.05, 4.69) is 190 Å². The first-order valence-electron chi connectivity index (χ1n) is 30.9. The molecule has 0 aliphatic carbocycles. The number of imidazole rings is 3. The summed E-state index contributed by atoms with van der Waals surface area (Å²) in [5.74, 6) is 4.47. The third-order valence-electron chi connectivity index (χ3n) is 14.5. The summed E-state index contributed by atoms with van der Waals surface area (Å²) in [6.45, 7) is 59.6. The molecule has 0 saturated heterocycles. The molecule has 0 bridgehead atoms. The largest absolute Gasteiger partial charge is 0.349 e. The zero-order chi connectivity index (χ0) is 69.1. The number of aromatic amines is 1. The average molecular weight is 1260 g/mol. The van der Waals surface area contributed by atoms with E-state index in [0.717, 1.165) is 68.0 Å². The van der Waals surface area contributed by atoms with Crippen molar-refractivity contribution in [3.05, 3.63) is 149 Å². The van der Waals surface area contributed by atoms with Gasteiger partial charge in [-0.3, -0.25) is 19.2 Å². The second-order valence-corrected chi connectivity index (χ2v) is 25.4. The maximum atomic E-state index is 11.5. The van der Waals surface area contributed by atoms with Crippen LogP contribution in [0.2, 0.25) is 0 Å². The summed E-state index contributed by atoms with van der Waals surface area (Å²) >= 11 is 0. The summed E-state index contributed by atoms with van der Waals surface area (Å²) in [6, 6.07) is 4.26. The number of ketones is 2. The number of hydrogen-bond donors (Lipinski definition) is 3. The van der Waals surface area contributed by atoms with E-state index in [0.29, 0.717) is 70.7 Å². The monoisotopic (exact) mass is 1260 g/mol. The summed E-state index contributed by atoms with van der Waals surface area (Å²) in [7, 11) is 0. The minimum atomic E-state index is -0.211. The summed E-state index contributed by atoms with van der Waals surface area (Å²) < 4.78 is 9.72. The van der Waals surface area contributed by atoms with E-state index in [1.165, 1.54) is 12.5 Å². The topological polar surface area (TPSA) is 281 Å². The van der Waals surface area contributed by atoms with Crippen LogP contribution in [0.4, 0.5) is 5.82 Å². The van der Waals surface area contributed by atoms with Crippen molar-refractivity contribution < 1.29 is 14.4 Å². The lowest BCUT2D eigenvalue weighted by Gasteiger charge is -2.30. The summed E-state index contributed by atoms with van der Waals surface area (Å²) in [4.78, 5) is 94.1. The van der Waals surface area contributed by atoms with Crippen molar-refractivity contribution in [1.82, 2.24) is 93.0 Å². The number of aryl methyl sites for hydroxylation is 5. The number of Topliss-reactive ketones (excluding diaryl/α,β-unsaturated/α-hetero) is 2. The van der Waals surface area contributed by atoms with E-state index in [1.54, 1.807) is 30.6 Å². The third kappa shape index (κ3) is 18.6. The first kappa shape index (κ1) is 73.2. The first-order valence-corrected chi connectivity index (χ1v) is 30.9. The van der Waals surface area contributed by atoms with Gasteiger partial charge in [0.2, 0.25) is 5.82 Å². The van der Waals surface area contributed by atoms with Crippen LogP contribution in [-0.4, -0.2) is 123 Å². The molecule has 3 aliphatic heterocycles. The van der Waals surface area contributed by atoms with Crippen molar-refractivity contribution in [2.75, 3.05) is 5.32 Å². The Morgan fingerprint density at radius 2 is 1.13 bits per heavy atom. The Morgan fingerprint density at radius 3 is 1.65 bits per heavy atom. The van der Waals surface area contributed by atoms with E-state index in [9.17, 15) is 19.2 Å². The van der Waals surface area contributed by atoms with Gasteiger partial charge in [-0.2, -0.15) is 0 Å². The van der Waals surface area contributed by atoms with Crippen LogP contribution in [0.1, 0.15) is 212 Å². The van der Waals surface area contributed by atoms with Gasteiger partial charge in [0.1, 0.15) is 52.4 Å². The van der Waals surface area contributed by atoms with Crippen LogP contribution in [0.15, 0.2) is 108 Å².